The van der Waals surface area contributed by atoms with Gasteiger partial charge in [0, 0.05) is 49.3 Å². The molecule has 0 fully saturated rings. The molecule has 3 atom stereocenters. The number of thioether (sulfide) groups is 1. The Kier molecular flexibility index (Phi) is 6.41. The standard InChI is InChI=1S/C52H38N2S/c1-51(29-28-47-42(32-51)39-17-7-9-19-45(39)54(47)44-20-11-15-34-13-5-6-16-38(34)44)36-23-26-46-41(31-36)50-48(53(46)37-24-22-33-12-3-4-14-35(33)30-37)27-25-43-40-18-8-10-21-49(40)55-52(43,50)2/h3-31,43H,32H2,1-2H3. The molecule has 0 saturated carbocycles. The molecule has 0 radical (unpaired) electrons. The van der Waals surface area contributed by atoms with Gasteiger partial charge in [0.2, 0.25) is 0 Å². The van der Waals surface area contributed by atoms with Crippen molar-refractivity contribution in [3.05, 3.63) is 197 Å². The number of para-hydroxylation sites is 1. The minimum Gasteiger partial charge on any atom is -0.310 e. The zero-order valence-corrected chi connectivity index (χ0v) is 31.6. The van der Waals surface area contributed by atoms with E-state index in [1.165, 1.54) is 93.3 Å². The van der Waals surface area contributed by atoms with E-state index in [9.17, 15) is 0 Å². The normalized spacial score (nSPS) is 20.9. The first-order valence-electron chi connectivity index (χ1n) is 19.4. The van der Waals surface area contributed by atoms with Crippen molar-refractivity contribution in [1.82, 2.24) is 9.13 Å². The summed E-state index contributed by atoms with van der Waals surface area (Å²) in [4.78, 5) is 1.40. The number of fused-ring (bicyclic) bond motifs is 12. The molecule has 0 bridgehead atoms. The summed E-state index contributed by atoms with van der Waals surface area (Å²) in [6.45, 7) is 4.92. The van der Waals surface area contributed by atoms with Crippen LogP contribution >= 0.6 is 11.8 Å². The highest BCUT2D eigenvalue weighted by atomic mass is 32.2. The maximum absolute atomic E-state index is 2.55. The summed E-state index contributed by atoms with van der Waals surface area (Å²) in [6, 6.07) is 56.5. The molecule has 9 aromatic rings. The number of aromatic nitrogens is 2. The molecule has 3 aliphatic rings. The lowest BCUT2D eigenvalue weighted by Crippen LogP contribution is -2.26. The Morgan fingerprint density at radius 1 is 0.582 bits per heavy atom. The summed E-state index contributed by atoms with van der Waals surface area (Å²) in [5, 5.41) is 7.75. The topological polar surface area (TPSA) is 9.86 Å². The third-order valence-electron chi connectivity index (χ3n) is 12.9. The van der Waals surface area contributed by atoms with E-state index in [0.29, 0.717) is 5.92 Å². The fraction of sp³-hybridized carbons (Fsp3) is 0.115. The fourth-order valence-electron chi connectivity index (χ4n) is 10.3. The van der Waals surface area contributed by atoms with Gasteiger partial charge in [-0.1, -0.05) is 128 Å². The van der Waals surface area contributed by atoms with Gasteiger partial charge in [-0.15, -0.1) is 11.8 Å². The molecule has 2 aromatic heterocycles. The number of allylic oxidation sites excluding steroid dienone is 2. The van der Waals surface area contributed by atoms with Crippen molar-refractivity contribution >= 4 is 67.3 Å². The zero-order valence-electron chi connectivity index (χ0n) is 30.8. The average Bonchev–Trinajstić information content (AvgIpc) is 3.85. The van der Waals surface area contributed by atoms with Crippen LogP contribution in [0, 0.1) is 0 Å². The maximum Gasteiger partial charge on any atom is 0.0558 e. The molecule has 55 heavy (non-hydrogen) atoms. The maximum atomic E-state index is 2.55. The second-order valence-corrected chi connectivity index (χ2v) is 17.6. The molecule has 2 aliphatic carbocycles. The van der Waals surface area contributed by atoms with Crippen molar-refractivity contribution in [3.63, 3.8) is 0 Å². The van der Waals surface area contributed by atoms with E-state index in [-0.39, 0.29) is 10.2 Å². The predicted octanol–water partition coefficient (Wildman–Crippen LogP) is 13.5. The van der Waals surface area contributed by atoms with Crippen molar-refractivity contribution < 1.29 is 0 Å². The molecule has 0 spiro atoms. The highest BCUT2D eigenvalue weighted by molar-refractivity contribution is 8.00. The van der Waals surface area contributed by atoms with Crippen LogP contribution in [-0.2, 0) is 16.6 Å². The molecule has 262 valence electrons. The molecule has 7 aromatic carbocycles. The first-order chi connectivity index (χ1) is 27.0. The molecule has 0 N–H and O–H groups in total. The van der Waals surface area contributed by atoms with Crippen LogP contribution in [0.4, 0.5) is 0 Å². The molecule has 0 saturated heterocycles. The van der Waals surface area contributed by atoms with Gasteiger partial charge in [-0.3, -0.25) is 0 Å². The minimum atomic E-state index is -0.191. The van der Waals surface area contributed by atoms with E-state index in [1.54, 1.807) is 0 Å². The van der Waals surface area contributed by atoms with Crippen LogP contribution in [0.25, 0.3) is 66.9 Å². The Bertz CT molecular complexity index is 3150. The van der Waals surface area contributed by atoms with Gasteiger partial charge in [0.05, 0.1) is 27.2 Å². The highest BCUT2D eigenvalue weighted by Crippen LogP contribution is 2.63. The van der Waals surface area contributed by atoms with E-state index in [4.69, 9.17) is 0 Å². The zero-order chi connectivity index (χ0) is 36.5. The first-order valence-corrected chi connectivity index (χ1v) is 20.2. The smallest absolute Gasteiger partial charge is 0.0558 e. The summed E-state index contributed by atoms with van der Waals surface area (Å²) in [5.41, 5.74) is 13.0. The number of benzene rings is 7. The van der Waals surface area contributed by atoms with Crippen molar-refractivity contribution in [3.8, 4) is 11.4 Å². The van der Waals surface area contributed by atoms with Gasteiger partial charge in [-0.2, -0.15) is 0 Å². The second kappa shape index (κ2) is 11.3. The van der Waals surface area contributed by atoms with E-state index < -0.39 is 0 Å². The molecular formula is C52H38N2S. The molecule has 0 amide bonds. The number of rotatable bonds is 3. The van der Waals surface area contributed by atoms with Crippen LogP contribution < -0.4 is 0 Å². The summed E-state index contributed by atoms with van der Waals surface area (Å²) in [7, 11) is 0. The van der Waals surface area contributed by atoms with Crippen molar-refractivity contribution in [2.24, 2.45) is 0 Å². The minimum absolute atomic E-state index is 0.130. The molecule has 3 heterocycles. The number of hydrogen-bond acceptors (Lipinski definition) is 1. The van der Waals surface area contributed by atoms with Gasteiger partial charge in [0.25, 0.3) is 0 Å². The number of nitrogens with zero attached hydrogens (tertiary/aromatic N) is 2. The first kappa shape index (κ1) is 31.3. The Morgan fingerprint density at radius 3 is 2.24 bits per heavy atom. The number of hydrogen-bond donors (Lipinski definition) is 0. The van der Waals surface area contributed by atoms with Crippen LogP contribution in [0.1, 0.15) is 53.4 Å². The Balaban J connectivity index is 1.06. The summed E-state index contributed by atoms with van der Waals surface area (Å²) >= 11 is 2.04. The highest BCUT2D eigenvalue weighted by Gasteiger charge is 2.48. The van der Waals surface area contributed by atoms with E-state index in [2.05, 4.69) is 199 Å². The lowest BCUT2D eigenvalue weighted by Gasteiger charge is -2.34. The third-order valence-corrected chi connectivity index (χ3v) is 14.4. The van der Waals surface area contributed by atoms with Gasteiger partial charge >= 0.3 is 0 Å². The SMILES string of the molecule is CC1(c2ccc3c(c2)c2c(n3-c3ccc4ccccc4c3)C=CC3c4ccccc4SC23C)C=Cc2c(c3ccccc3n2-c2cccc3ccccc23)C1. The van der Waals surface area contributed by atoms with Crippen molar-refractivity contribution in [1.29, 1.82) is 0 Å². The lowest BCUT2D eigenvalue weighted by atomic mass is 9.73. The van der Waals surface area contributed by atoms with E-state index >= 15 is 0 Å². The van der Waals surface area contributed by atoms with Crippen molar-refractivity contribution in [2.75, 3.05) is 0 Å². The molecular weight excluding hydrogens is 685 g/mol. The van der Waals surface area contributed by atoms with E-state index in [0.717, 1.165) is 6.42 Å². The van der Waals surface area contributed by atoms with Gasteiger partial charge in [-0.25, -0.2) is 0 Å². The Hall–Kier alpha value is -6.03. The summed E-state index contributed by atoms with van der Waals surface area (Å²) in [5.74, 6) is 0.313. The molecule has 12 rings (SSSR count). The predicted molar refractivity (Wildman–Crippen MR) is 233 cm³/mol. The second-order valence-electron chi connectivity index (χ2n) is 16.1. The average molecular weight is 723 g/mol. The fourth-order valence-corrected chi connectivity index (χ4v) is 11.8. The van der Waals surface area contributed by atoms with Crippen LogP contribution in [0.5, 0.6) is 0 Å². The molecule has 1 aliphatic heterocycles. The van der Waals surface area contributed by atoms with Gasteiger partial charge < -0.3 is 9.13 Å². The molecule has 3 unspecified atom stereocenters. The monoisotopic (exact) mass is 722 g/mol. The summed E-state index contributed by atoms with van der Waals surface area (Å²) < 4.78 is 4.89. The van der Waals surface area contributed by atoms with Crippen LogP contribution in [-0.4, -0.2) is 9.13 Å². The van der Waals surface area contributed by atoms with Gasteiger partial charge in [0.1, 0.15) is 0 Å². The molecule has 3 heteroatoms. The van der Waals surface area contributed by atoms with Gasteiger partial charge in [-0.05, 0) is 101 Å². The Labute approximate surface area is 325 Å². The largest absolute Gasteiger partial charge is 0.310 e. The lowest BCUT2D eigenvalue weighted by molar-refractivity contribution is 0.588. The molecule has 2 nitrogen and oxygen atoms in total. The van der Waals surface area contributed by atoms with E-state index in [1.807, 2.05) is 11.8 Å². The van der Waals surface area contributed by atoms with Crippen molar-refractivity contribution in [2.45, 2.75) is 41.2 Å². The van der Waals surface area contributed by atoms with Crippen LogP contribution in [0.15, 0.2) is 169 Å². The Morgan fingerprint density at radius 2 is 1.33 bits per heavy atom. The van der Waals surface area contributed by atoms with Crippen LogP contribution in [0.2, 0.25) is 0 Å². The third kappa shape index (κ3) is 4.33. The van der Waals surface area contributed by atoms with Gasteiger partial charge in [0.15, 0.2) is 0 Å². The summed E-state index contributed by atoms with van der Waals surface area (Å²) in [6.07, 6.45) is 10.7. The quantitative estimate of drug-likeness (QED) is 0.177. The van der Waals surface area contributed by atoms with Crippen LogP contribution in [0.3, 0.4) is 0 Å².